The zero-order valence-corrected chi connectivity index (χ0v) is 7.82. The van der Waals surface area contributed by atoms with Crippen LogP contribution in [-0.4, -0.2) is 35.0 Å². The number of hydrogen-bond donors (Lipinski definition) is 1. The van der Waals surface area contributed by atoms with E-state index >= 15 is 0 Å². The lowest BCUT2D eigenvalue weighted by Crippen LogP contribution is -2.43. The molecule has 0 aromatic rings. The van der Waals surface area contributed by atoms with Gasteiger partial charge in [-0.2, -0.15) is 0 Å². The number of carboxylic acid groups (broad SMARTS) is 1. The number of amides is 1. The number of piperidine rings is 1. The van der Waals surface area contributed by atoms with E-state index in [0.717, 1.165) is 19.3 Å². The fourth-order valence-electron chi connectivity index (χ4n) is 1.72. The average Bonchev–Trinajstić information content (AvgIpc) is 2.16. The highest BCUT2D eigenvalue weighted by Crippen LogP contribution is 2.18. The molecule has 0 aromatic heterocycles. The monoisotopic (exact) mass is 185 g/mol. The minimum atomic E-state index is -1.34. The molecule has 1 aliphatic rings. The van der Waals surface area contributed by atoms with Crippen molar-refractivity contribution in [2.24, 2.45) is 5.92 Å². The average molecular weight is 185 g/mol. The van der Waals surface area contributed by atoms with Gasteiger partial charge in [-0.1, -0.05) is 13.3 Å². The predicted molar refractivity (Wildman–Crippen MR) is 47.2 cm³/mol. The standard InChI is InChI=1S/C9H15NO3/c1-2-7-4-3-5-10(6-7)8(11)9(12)13/h7H,2-6H2,1H3,(H,12,13). The summed E-state index contributed by atoms with van der Waals surface area (Å²) in [4.78, 5) is 22.9. The summed E-state index contributed by atoms with van der Waals surface area (Å²) in [5.74, 6) is -1.60. The van der Waals surface area contributed by atoms with E-state index in [1.54, 1.807) is 0 Å². The molecule has 1 saturated heterocycles. The van der Waals surface area contributed by atoms with Gasteiger partial charge in [0.2, 0.25) is 0 Å². The fourth-order valence-corrected chi connectivity index (χ4v) is 1.72. The van der Waals surface area contributed by atoms with Crippen LogP contribution in [0.3, 0.4) is 0 Å². The molecule has 74 valence electrons. The van der Waals surface area contributed by atoms with E-state index in [9.17, 15) is 9.59 Å². The molecule has 1 N–H and O–H groups in total. The van der Waals surface area contributed by atoms with Gasteiger partial charge in [0.1, 0.15) is 0 Å². The van der Waals surface area contributed by atoms with Gasteiger partial charge in [0.25, 0.3) is 0 Å². The van der Waals surface area contributed by atoms with Crippen molar-refractivity contribution >= 4 is 11.9 Å². The lowest BCUT2D eigenvalue weighted by Gasteiger charge is -2.30. The Bertz CT molecular complexity index is 215. The van der Waals surface area contributed by atoms with Crippen molar-refractivity contribution in [1.82, 2.24) is 4.90 Å². The highest BCUT2D eigenvalue weighted by molar-refractivity contribution is 6.31. The Balaban J connectivity index is 2.51. The summed E-state index contributed by atoms with van der Waals surface area (Å²) in [5, 5.41) is 8.50. The molecule has 0 saturated carbocycles. The highest BCUT2D eigenvalue weighted by atomic mass is 16.4. The van der Waals surface area contributed by atoms with Gasteiger partial charge in [-0.25, -0.2) is 4.79 Å². The first kappa shape index (κ1) is 10.0. The zero-order valence-electron chi connectivity index (χ0n) is 7.82. The van der Waals surface area contributed by atoms with Gasteiger partial charge in [0, 0.05) is 13.1 Å². The molecule has 0 bridgehead atoms. The van der Waals surface area contributed by atoms with Gasteiger partial charge >= 0.3 is 11.9 Å². The Kier molecular flexibility index (Phi) is 3.28. The van der Waals surface area contributed by atoms with E-state index in [4.69, 9.17) is 5.11 Å². The van der Waals surface area contributed by atoms with Crippen LogP contribution in [-0.2, 0) is 9.59 Å². The van der Waals surface area contributed by atoms with Gasteiger partial charge in [-0.3, -0.25) is 4.79 Å². The maximum Gasteiger partial charge on any atom is 0.394 e. The minimum Gasteiger partial charge on any atom is -0.474 e. The maximum absolute atomic E-state index is 11.1. The third-order valence-corrected chi connectivity index (χ3v) is 2.57. The van der Waals surface area contributed by atoms with Crippen LogP contribution in [0.25, 0.3) is 0 Å². The first-order valence-corrected chi connectivity index (χ1v) is 4.67. The molecular formula is C9H15NO3. The molecule has 0 radical (unpaired) electrons. The zero-order chi connectivity index (χ0) is 9.84. The quantitative estimate of drug-likeness (QED) is 0.612. The largest absolute Gasteiger partial charge is 0.474 e. The molecule has 1 heterocycles. The van der Waals surface area contributed by atoms with Gasteiger partial charge < -0.3 is 10.0 Å². The predicted octanol–water partition coefficient (Wildman–Crippen LogP) is 0.720. The lowest BCUT2D eigenvalue weighted by atomic mass is 9.96. The van der Waals surface area contributed by atoms with Crippen molar-refractivity contribution in [3.05, 3.63) is 0 Å². The molecule has 4 nitrogen and oxygen atoms in total. The second-order valence-electron chi connectivity index (χ2n) is 3.47. The van der Waals surface area contributed by atoms with E-state index in [2.05, 4.69) is 6.92 Å². The van der Waals surface area contributed by atoms with Crippen LogP contribution in [0.1, 0.15) is 26.2 Å². The molecule has 1 atom stereocenters. The van der Waals surface area contributed by atoms with E-state index in [1.165, 1.54) is 4.90 Å². The van der Waals surface area contributed by atoms with Crippen molar-refractivity contribution in [2.75, 3.05) is 13.1 Å². The maximum atomic E-state index is 11.1. The topological polar surface area (TPSA) is 57.6 Å². The Labute approximate surface area is 77.5 Å². The number of likely N-dealkylation sites (tertiary alicyclic amines) is 1. The van der Waals surface area contributed by atoms with Crippen LogP contribution >= 0.6 is 0 Å². The number of carbonyl (C=O) groups is 2. The Morgan fingerprint density at radius 1 is 1.54 bits per heavy atom. The summed E-state index contributed by atoms with van der Waals surface area (Å²) in [6, 6.07) is 0. The van der Waals surface area contributed by atoms with Crippen LogP contribution in [0.5, 0.6) is 0 Å². The molecule has 0 spiro atoms. The van der Waals surface area contributed by atoms with E-state index < -0.39 is 11.9 Å². The summed E-state index contributed by atoms with van der Waals surface area (Å²) in [6.45, 7) is 3.28. The first-order valence-electron chi connectivity index (χ1n) is 4.67. The third-order valence-electron chi connectivity index (χ3n) is 2.57. The van der Waals surface area contributed by atoms with E-state index in [-0.39, 0.29) is 0 Å². The van der Waals surface area contributed by atoms with Crippen LogP contribution < -0.4 is 0 Å². The summed E-state index contributed by atoms with van der Waals surface area (Å²) >= 11 is 0. The minimum absolute atomic E-state index is 0.483. The normalized spacial score (nSPS) is 22.8. The number of aliphatic carboxylic acids is 1. The van der Waals surface area contributed by atoms with E-state index in [0.29, 0.717) is 19.0 Å². The number of nitrogens with zero attached hydrogens (tertiary/aromatic N) is 1. The van der Waals surface area contributed by atoms with Crippen molar-refractivity contribution in [3.63, 3.8) is 0 Å². The van der Waals surface area contributed by atoms with Crippen LogP contribution in [0.15, 0.2) is 0 Å². The number of carboxylic acids is 1. The number of rotatable bonds is 1. The third kappa shape index (κ3) is 2.44. The molecule has 0 aromatic carbocycles. The highest BCUT2D eigenvalue weighted by Gasteiger charge is 2.26. The molecule has 1 unspecified atom stereocenters. The number of carbonyl (C=O) groups excluding carboxylic acids is 1. The molecule has 1 aliphatic heterocycles. The molecule has 13 heavy (non-hydrogen) atoms. The van der Waals surface area contributed by atoms with Crippen LogP contribution in [0.4, 0.5) is 0 Å². The van der Waals surface area contributed by atoms with Gasteiger partial charge in [0.15, 0.2) is 0 Å². The molecular weight excluding hydrogens is 170 g/mol. The SMILES string of the molecule is CCC1CCCN(C(=O)C(=O)O)C1. The van der Waals surface area contributed by atoms with Gasteiger partial charge in [0.05, 0.1) is 0 Å². The molecule has 1 amide bonds. The van der Waals surface area contributed by atoms with Crippen LogP contribution in [0.2, 0.25) is 0 Å². The number of hydrogen-bond acceptors (Lipinski definition) is 2. The summed E-state index contributed by atoms with van der Waals surface area (Å²) in [7, 11) is 0. The smallest absolute Gasteiger partial charge is 0.394 e. The van der Waals surface area contributed by atoms with Crippen molar-refractivity contribution in [3.8, 4) is 0 Å². The summed E-state index contributed by atoms with van der Waals surface area (Å²) in [5.41, 5.74) is 0. The molecule has 1 rings (SSSR count). The van der Waals surface area contributed by atoms with Gasteiger partial charge in [-0.05, 0) is 18.8 Å². The Hall–Kier alpha value is -1.06. The summed E-state index contributed by atoms with van der Waals surface area (Å²) < 4.78 is 0. The Morgan fingerprint density at radius 2 is 2.23 bits per heavy atom. The lowest BCUT2D eigenvalue weighted by molar-refractivity contribution is -0.156. The van der Waals surface area contributed by atoms with Crippen molar-refractivity contribution < 1.29 is 14.7 Å². The fraction of sp³-hybridized carbons (Fsp3) is 0.778. The summed E-state index contributed by atoms with van der Waals surface area (Å²) in [6.07, 6.45) is 3.06. The van der Waals surface area contributed by atoms with E-state index in [1.807, 2.05) is 0 Å². The first-order chi connectivity index (χ1) is 6.15. The van der Waals surface area contributed by atoms with Crippen molar-refractivity contribution in [2.45, 2.75) is 26.2 Å². The van der Waals surface area contributed by atoms with Crippen molar-refractivity contribution in [1.29, 1.82) is 0 Å². The van der Waals surface area contributed by atoms with Crippen LogP contribution in [0, 0.1) is 5.92 Å². The molecule has 0 aliphatic carbocycles. The Morgan fingerprint density at radius 3 is 2.77 bits per heavy atom. The second-order valence-corrected chi connectivity index (χ2v) is 3.47. The second kappa shape index (κ2) is 4.25. The van der Waals surface area contributed by atoms with Gasteiger partial charge in [-0.15, -0.1) is 0 Å². The molecule has 4 heteroatoms. The molecule has 1 fully saturated rings.